The quantitative estimate of drug-likeness (QED) is 0.841. The van der Waals surface area contributed by atoms with E-state index < -0.39 is 0 Å². The molecule has 88 valence electrons. The van der Waals surface area contributed by atoms with Crippen LogP contribution in [0.5, 0.6) is 11.6 Å². The molecule has 4 heteroatoms. The van der Waals surface area contributed by atoms with E-state index in [1.54, 1.807) is 13.3 Å². The van der Waals surface area contributed by atoms with Crippen LogP contribution in [0, 0.1) is 5.92 Å². The van der Waals surface area contributed by atoms with Gasteiger partial charge in [-0.05, 0) is 31.0 Å². The summed E-state index contributed by atoms with van der Waals surface area (Å²) in [5.41, 5.74) is 0. The molecule has 1 aromatic rings. The number of pyridine rings is 1. The minimum Gasteiger partial charge on any atom is -0.491 e. The highest BCUT2D eigenvalue weighted by molar-refractivity contribution is 5.32. The van der Waals surface area contributed by atoms with Gasteiger partial charge in [-0.2, -0.15) is 0 Å². The van der Waals surface area contributed by atoms with Crippen molar-refractivity contribution in [2.45, 2.75) is 19.4 Å². The van der Waals surface area contributed by atoms with Crippen molar-refractivity contribution < 1.29 is 9.47 Å². The first-order valence-electron chi connectivity index (χ1n) is 5.67. The highest BCUT2D eigenvalue weighted by Gasteiger charge is 2.24. The Kier molecular flexibility index (Phi) is 3.62. The zero-order valence-electron chi connectivity index (χ0n) is 9.77. The Labute approximate surface area is 96.0 Å². The summed E-state index contributed by atoms with van der Waals surface area (Å²) in [5, 5.41) is 3.33. The van der Waals surface area contributed by atoms with E-state index in [9.17, 15) is 0 Å². The van der Waals surface area contributed by atoms with Gasteiger partial charge in [0.15, 0.2) is 5.75 Å². The van der Waals surface area contributed by atoms with Crippen LogP contribution in [0.4, 0.5) is 0 Å². The van der Waals surface area contributed by atoms with Crippen LogP contribution in [0.1, 0.15) is 13.3 Å². The van der Waals surface area contributed by atoms with Crippen LogP contribution in [-0.2, 0) is 0 Å². The third-order valence-electron chi connectivity index (χ3n) is 2.98. The summed E-state index contributed by atoms with van der Waals surface area (Å²) in [7, 11) is 1.63. The Morgan fingerprint density at radius 1 is 1.50 bits per heavy atom. The Balaban J connectivity index is 2.07. The minimum atomic E-state index is 0.178. The molecule has 2 heterocycles. The van der Waals surface area contributed by atoms with Crippen molar-refractivity contribution in [3.05, 3.63) is 18.3 Å². The molecule has 0 bridgehead atoms. The highest BCUT2D eigenvalue weighted by atomic mass is 16.5. The van der Waals surface area contributed by atoms with Gasteiger partial charge >= 0.3 is 0 Å². The van der Waals surface area contributed by atoms with Gasteiger partial charge in [-0.15, -0.1) is 0 Å². The standard InChI is InChI=1S/C12H18N2O2/c1-9-5-7-13-8-11(9)16-12-10(15-2)4-3-6-14-12/h3-4,6,9,11,13H,5,7-8H2,1-2H3. The Hall–Kier alpha value is -1.29. The summed E-state index contributed by atoms with van der Waals surface area (Å²) >= 11 is 0. The molecule has 2 rings (SSSR count). The summed E-state index contributed by atoms with van der Waals surface area (Å²) in [6.07, 6.45) is 3.04. The second kappa shape index (κ2) is 5.16. The van der Waals surface area contributed by atoms with Crippen molar-refractivity contribution in [1.82, 2.24) is 10.3 Å². The topological polar surface area (TPSA) is 43.4 Å². The second-order valence-corrected chi connectivity index (χ2v) is 4.14. The third kappa shape index (κ3) is 2.44. The zero-order chi connectivity index (χ0) is 11.4. The smallest absolute Gasteiger partial charge is 0.257 e. The SMILES string of the molecule is COc1cccnc1OC1CNCCC1C. The minimum absolute atomic E-state index is 0.178. The van der Waals surface area contributed by atoms with Crippen LogP contribution < -0.4 is 14.8 Å². The molecule has 0 aromatic carbocycles. The van der Waals surface area contributed by atoms with Gasteiger partial charge in [-0.25, -0.2) is 4.98 Å². The monoisotopic (exact) mass is 222 g/mol. The fourth-order valence-corrected chi connectivity index (χ4v) is 1.88. The van der Waals surface area contributed by atoms with E-state index >= 15 is 0 Å². The van der Waals surface area contributed by atoms with E-state index in [0.717, 1.165) is 19.5 Å². The molecule has 1 aromatic heterocycles. The van der Waals surface area contributed by atoms with Crippen LogP contribution in [-0.4, -0.2) is 31.3 Å². The molecule has 1 saturated heterocycles. The van der Waals surface area contributed by atoms with Crippen LogP contribution in [0.2, 0.25) is 0 Å². The summed E-state index contributed by atoms with van der Waals surface area (Å²) in [6, 6.07) is 3.71. The van der Waals surface area contributed by atoms with Crippen molar-refractivity contribution in [2.75, 3.05) is 20.2 Å². The van der Waals surface area contributed by atoms with E-state index in [1.165, 1.54) is 0 Å². The Morgan fingerprint density at radius 2 is 2.38 bits per heavy atom. The van der Waals surface area contributed by atoms with Crippen molar-refractivity contribution in [3.63, 3.8) is 0 Å². The number of piperidine rings is 1. The van der Waals surface area contributed by atoms with Gasteiger partial charge in [0.1, 0.15) is 6.10 Å². The van der Waals surface area contributed by atoms with Gasteiger partial charge in [-0.1, -0.05) is 6.92 Å². The first-order valence-corrected chi connectivity index (χ1v) is 5.67. The van der Waals surface area contributed by atoms with E-state index in [1.807, 2.05) is 12.1 Å². The van der Waals surface area contributed by atoms with E-state index in [0.29, 0.717) is 17.5 Å². The molecule has 1 aliphatic rings. The molecule has 1 N–H and O–H groups in total. The van der Waals surface area contributed by atoms with Crippen LogP contribution in [0.3, 0.4) is 0 Å². The van der Waals surface area contributed by atoms with Gasteiger partial charge in [0, 0.05) is 12.7 Å². The highest BCUT2D eigenvalue weighted by Crippen LogP contribution is 2.26. The third-order valence-corrected chi connectivity index (χ3v) is 2.98. The van der Waals surface area contributed by atoms with Crippen LogP contribution in [0.15, 0.2) is 18.3 Å². The average Bonchev–Trinajstić information content (AvgIpc) is 2.33. The number of nitrogens with zero attached hydrogens (tertiary/aromatic N) is 1. The van der Waals surface area contributed by atoms with Gasteiger partial charge in [0.2, 0.25) is 0 Å². The number of ether oxygens (including phenoxy) is 2. The van der Waals surface area contributed by atoms with Crippen molar-refractivity contribution in [3.8, 4) is 11.6 Å². The molecule has 1 aliphatic heterocycles. The molecular weight excluding hydrogens is 204 g/mol. The summed E-state index contributed by atoms with van der Waals surface area (Å²) < 4.78 is 11.1. The first-order chi connectivity index (χ1) is 7.81. The zero-order valence-corrected chi connectivity index (χ0v) is 9.77. The molecule has 0 aliphatic carbocycles. The Bertz CT molecular complexity index is 344. The number of rotatable bonds is 3. The number of hydrogen-bond acceptors (Lipinski definition) is 4. The predicted molar refractivity (Wildman–Crippen MR) is 61.9 cm³/mol. The lowest BCUT2D eigenvalue weighted by Gasteiger charge is -2.29. The molecule has 0 amide bonds. The fraction of sp³-hybridized carbons (Fsp3) is 0.583. The lowest BCUT2D eigenvalue weighted by atomic mass is 9.97. The molecule has 0 spiro atoms. The van der Waals surface area contributed by atoms with Crippen LogP contribution >= 0.6 is 0 Å². The number of hydrogen-bond donors (Lipinski definition) is 1. The van der Waals surface area contributed by atoms with Crippen molar-refractivity contribution >= 4 is 0 Å². The number of methoxy groups -OCH3 is 1. The summed E-state index contributed by atoms with van der Waals surface area (Å²) in [6.45, 7) is 4.15. The Morgan fingerprint density at radius 3 is 3.12 bits per heavy atom. The van der Waals surface area contributed by atoms with Crippen LogP contribution in [0.25, 0.3) is 0 Å². The number of nitrogens with one attached hydrogen (secondary N) is 1. The molecule has 2 atom stereocenters. The molecule has 1 fully saturated rings. The maximum absolute atomic E-state index is 5.89. The van der Waals surface area contributed by atoms with Gasteiger partial charge in [0.25, 0.3) is 5.88 Å². The van der Waals surface area contributed by atoms with Gasteiger partial charge in [-0.3, -0.25) is 0 Å². The normalized spacial score (nSPS) is 25.1. The molecule has 0 saturated carbocycles. The largest absolute Gasteiger partial charge is 0.491 e. The van der Waals surface area contributed by atoms with Crippen molar-refractivity contribution in [2.24, 2.45) is 5.92 Å². The molecule has 2 unspecified atom stereocenters. The van der Waals surface area contributed by atoms with Crippen molar-refractivity contribution in [1.29, 1.82) is 0 Å². The molecule has 0 radical (unpaired) electrons. The van der Waals surface area contributed by atoms with E-state index in [4.69, 9.17) is 9.47 Å². The van der Waals surface area contributed by atoms with E-state index in [2.05, 4.69) is 17.2 Å². The maximum Gasteiger partial charge on any atom is 0.257 e. The molecule has 16 heavy (non-hydrogen) atoms. The summed E-state index contributed by atoms with van der Waals surface area (Å²) in [4.78, 5) is 4.20. The number of aromatic nitrogens is 1. The second-order valence-electron chi connectivity index (χ2n) is 4.14. The summed E-state index contributed by atoms with van der Waals surface area (Å²) in [5.74, 6) is 1.83. The lowest BCUT2D eigenvalue weighted by Crippen LogP contribution is -2.43. The maximum atomic E-state index is 5.89. The fourth-order valence-electron chi connectivity index (χ4n) is 1.88. The molecular formula is C12H18N2O2. The van der Waals surface area contributed by atoms with Gasteiger partial charge < -0.3 is 14.8 Å². The lowest BCUT2D eigenvalue weighted by molar-refractivity contribution is 0.106. The first kappa shape index (κ1) is 11.2. The average molecular weight is 222 g/mol. The van der Waals surface area contributed by atoms with E-state index in [-0.39, 0.29) is 6.10 Å². The van der Waals surface area contributed by atoms with Gasteiger partial charge in [0.05, 0.1) is 7.11 Å². The predicted octanol–water partition coefficient (Wildman–Crippen LogP) is 1.47. The molecule has 4 nitrogen and oxygen atoms in total.